The van der Waals surface area contributed by atoms with E-state index in [2.05, 4.69) is 9.72 Å². The van der Waals surface area contributed by atoms with Crippen LogP contribution in [0.25, 0.3) is 10.9 Å². The number of nitrogens with zero attached hydrogens (tertiary/aromatic N) is 2. The van der Waals surface area contributed by atoms with Gasteiger partial charge < -0.3 is 10.5 Å². The van der Waals surface area contributed by atoms with E-state index < -0.39 is 11.9 Å². The fraction of sp³-hybridized carbons (Fsp3) is 0.286. The van der Waals surface area contributed by atoms with Crippen LogP contribution in [0.5, 0.6) is 0 Å². The summed E-state index contributed by atoms with van der Waals surface area (Å²) in [5, 5.41) is 0.779. The van der Waals surface area contributed by atoms with Crippen molar-refractivity contribution in [2.45, 2.75) is 18.1 Å². The van der Waals surface area contributed by atoms with Gasteiger partial charge in [-0.1, -0.05) is 23.9 Å². The zero-order valence-electron chi connectivity index (χ0n) is 11.9. The van der Waals surface area contributed by atoms with E-state index in [1.54, 1.807) is 24.3 Å². The molecule has 8 heteroatoms. The lowest BCUT2D eigenvalue weighted by Crippen LogP contribution is -2.27. The van der Waals surface area contributed by atoms with Crippen molar-refractivity contribution >= 4 is 34.5 Å². The molecular weight excluding hydrogens is 306 g/mol. The van der Waals surface area contributed by atoms with Crippen molar-refractivity contribution in [2.24, 2.45) is 5.73 Å². The summed E-state index contributed by atoms with van der Waals surface area (Å²) >= 11 is 1.20. The molecule has 0 saturated heterocycles. The highest BCUT2D eigenvalue weighted by Gasteiger charge is 2.14. The van der Waals surface area contributed by atoms with Gasteiger partial charge in [-0.05, 0) is 12.1 Å². The number of ether oxygens (including phenoxy) is 1. The molecule has 2 aromatic rings. The number of nitrogens with two attached hydrogens (primary N) is 1. The first-order valence-corrected chi connectivity index (χ1v) is 7.49. The lowest BCUT2D eigenvalue weighted by Gasteiger charge is -2.11. The minimum atomic E-state index is -0.545. The smallest absolute Gasteiger partial charge is 0.325 e. The van der Waals surface area contributed by atoms with Crippen molar-refractivity contribution in [2.75, 3.05) is 12.9 Å². The van der Waals surface area contributed by atoms with E-state index in [9.17, 15) is 14.4 Å². The van der Waals surface area contributed by atoms with E-state index in [1.807, 2.05) is 0 Å². The van der Waals surface area contributed by atoms with Gasteiger partial charge in [0.25, 0.3) is 5.56 Å². The van der Waals surface area contributed by atoms with Crippen molar-refractivity contribution in [3.05, 3.63) is 34.6 Å². The van der Waals surface area contributed by atoms with Gasteiger partial charge in [-0.15, -0.1) is 0 Å². The van der Waals surface area contributed by atoms with E-state index in [4.69, 9.17) is 5.73 Å². The van der Waals surface area contributed by atoms with Gasteiger partial charge in [0.05, 0.1) is 18.0 Å². The molecule has 0 aliphatic carbocycles. The van der Waals surface area contributed by atoms with Crippen molar-refractivity contribution < 1.29 is 14.3 Å². The van der Waals surface area contributed by atoms with E-state index in [0.717, 1.165) is 0 Å². The maximum Gasteiger partial charge on any atom is 0.325 e. The molecule has 1 aromatic carbocycles. The third-order valence-corrected chi connectivity index (χ3v) is 3.90. The van der Waals surface area contributed by atoms with Crippen LogP contribution in [0, 0.1) is 0 Å². The number of fused-ring (bicyclic) bond motifs is 1. The summed E-state index contributed by atoms with van der Waals surface area (Å²) in [4.78, 5) is 39.2. The molecule has 0 aliphatic heterocycles. The number of hydrogen-bond acceptors (Lipinski definition) is 6. The zero-order valence-corrected chi connectivity index (χ0v) is 12.8. The van der Waals surface area contributed by atoms with E-state index in [1.165, 1.54) is 23.4 Å². The molecule has 0 spiro atoms. The van der Waals surface area contributed by atoms with Crippen LogP contribution in [-0.2, 0) is 20.9 Å². The van der Waals surface area contributed by atoms with Crippen LogP contribution in [-0.4, -0.2) is 34.3 Å². The zero-order chi connectivity index (χ0) is 16.1. The van der Waals surface area contributed by atoms with E-state index in [0.29, 0.717) is 21.8 Å². The number of carbonyl (C=O) groups excluding carboxylic acids is 2. The molecule has 0 unspecified atom stereocenters. The Labute approximate surface area is 130 Å². The number of para-hydroxylation sites is 1. The number of benzene rings is 1. The monoisotopic (exact) mass is 321 g/mol. The first kappa shape index (κ1) is 16.0. The van der Waals surface area contributed by atoms with Gasteiger partial charge >= 0.3 is 5.97 Å². The van der Waals surface area contributed by atoms with Crippen molar-refractivity contribution in [3.8, 4) is 0 Å². The molecule has 2 N–H and O–H groups in total. The molecule has 0 bridgehead atoms. The molecule has 0 fully saturated rings. The van der Waals surface area contributed by atoms with Gasteiger partial charge in [0, 0.05) is 12.2 Å². The normalized spacial score (nSPS) is 10.6. The number of amides is 1. The number of esters is 1. The van der Waals surface area contributed by atoms with Crippen LogP contribution in [0.3, 0.4) is 0 Å². The SMILES string of the molecule is COC(=O)Cn1c(SCCC(N)=O)nc2ccccc2c1=O. The molecule has 1 aromatic heterocycles. The van der Waals surface area contributed by atoms with Gasteiger partial charge in [0.1, 0.15) is 6.54 Å². The van der Waals surface area contributed by atoms with Crippen LogP contribution >= 0.6 is 11.8 Å². The summed E-state index contributed by atoms with van der Waals surface area (Å²) in [6, 6.07) is 6.87. The Balaban J connectivity index is 2.45. The maximum atomic E-state index is 12.5. The van der Waals surface area contributed by atoms with Gasteiger partial charge in [-0.25, -0.2) is 4.98 Å². The average molecular weight is 321 g/mol. The Morgan fingerprint density at radius 3 is 2.77 bits per heavy atom. The molecule has 0 aliphatic rings. The molecule has 0 radical (unpaired) electrons. The third-order valence-electron chi connectivity index (χ3n) is 2.92. The molecule has 116 valence electrons. The predicted octanol–water partition coefficient (Wildman–Crippen LogP) is 0.537. The lowest BCUT2D eigenvalue weighted by atomic mass is 10.2. The summed E-state index contributed by atoms with van der Waals surface area (Å²) in [5.74, 6) is -0.604. The Morgan fingerprint density at radius 1 is 1.36 bits per heavy atom. The second-order valence-electron chi connectivity index (χ2n) is 4.44. The largest absolute Gasteiger partial charge is 0.468 e. The van der Waals surface area contributed by atoms with E-state index in [-0.39, 0.29) is 18.5 Å². The van der Waals surface area contributed by atoms with Gasteiger partial charge in [-0.2, -0.15) is 0 Å². The Morgan fingerprint density at radius 2 is 2.09 bits per heavy atom. The first-order chi connectivity index (χ1) is 10.5. The predicted molar refractivity (Wildman–Crippen MR) is 82.6 cm³/mol. The van der Waals surface area contributed by atoms with Crippen molar-refractivity contribution in [1.29, 1.82) is 0 Å². The molecule has 1 heterocycles. The molecule has 1 amide bonds. The maximum absolute atomic E-state index is 12.5. The topological polar surface area (TPSA) is 104 Å². The Kier molecular flexibility index (Phi) is 5.16. The minimum Gasteiger partial charge on any atom is -0.468 e. The number of rotatable bonds is 6. The molecule has 2 rings (SSSR count). The van der Waals surface area contributed by atoms with Gasteiger partial charge in [0.15, 0.2) is 5.16 Å². The van der Waals surface area contributed by atoms with Crippen LogP contribution in [0.2, 0.25) is 0 Å². The summed E-state index contributed by atoms with van der Waals surface area (Å²) < 4.78 is 5.86. The van der Waals surface area contributed by atoms with Crippen LogP contribution in [0.4, 0.5) is 0 Å². The summed E-state index contributed by atoms with van der Waals surface area (Å²) in [6.07, 6.45) is 0.158. The minimum absolute atomic E-state index is 0.158. The summed E-state index contributed by atoms with van der Waals surface area (Å²) in [7, 11) is 1.25. The molecule has 0 atom stereocenters. The van der Waals surface area contributed by atoms with Crippen LogP contribution in [0.15, 0.2) is 34.2 Å². The standard InChI is InChI=1S/C14H15N3O4S/c1-21-12(19)8-17-13(20)9-4-2-3-5-10(9)16-14(17)22-7-6-11(15)18/h2-5H,6-8H2,1H3,(H2,15,18). The molecule has 22 heavy (non-hydrogen) atoms. The summed E-state index contributed by atoms with van der Waals surface area (Å²) in [5.41, 5.74) is 5.32. The Bertz CT molecular complexity index is 772. The Hall–Kier alpha value is -2.35. The van der Waals surface area contributed by atoms with E-state index >= 15 is 0 Å². The van der Waals surface area contributed by atoms with Crippen LogP contribution < -0.4 is 11.3 Å². The number of hydrogen-bond donors (Lipinski definition) is 1. The second-order valence-corrected chi connectivity index (χ2v) is 5.51. The molecule has 7 nitrogen and oxygen atoms in total. The quantitative estimate of drug-likeness (QED) is 0.473. The number of primary amides is 1. The van der Waals surface area contributed by atoms with Gasteiger partial charge in [0.2, 0.25) is 5.91 Å². The van der Waals surface area contributed by atoms with Crippen LogP contribution in [0.1, 0.15) is 6.42 Å². The highest BCUT2D eigenvalue weighted by molar-refractivity contribution is 7.99. The van der Waals surface area contributed by atoms with Crippen molar-refractivity contribution in [1.82, 2.24) is 9.55 Å². The summed E-state index contributed by atoms with van der Waals surface area (Å²) in [6.45, 7) is -0.230. The highest BCUT2D eigenvalue weighted by Crippen LogP contribution is 2.18. The number of carbonyl (C=O) groups is 2. The number of aromatic nitrogens is 2. The first-order valence-electron chi connectivity index (χ1n) is 6.50. The highest BCUT2D eigenvalue weighted by atomic mass is 32.2. The molecular formula is C14H15N3O4S. The average Bonchev–Trinajstić information content (AvgIpc) is 2.50. The van der Waals surface area contributed by atoms with Gasteiger partial charge in [-0.3, -0.25) is 19.0 Å². The third kappa shape index (κ3) is 3.64. The number of methoxy groups -OCH3 is 1. The second kappa shape index (κ2) is 7.08. The lowest BCUT2D eigenvalue weighted by molar-refractivity contribution is -0.141. The fourth-order valence-electron chi connectivity index (χ4n) is 1.83. The van der Waals surface area contributed by atoms with Crippen molar-refractivity contribution in [3.63, 3.8) is 0 Å². The number of thioether (sulfide) groups is 1. The fourth-order valence-corrected chi connectivity index (χ4v) is 2.79. The molecule has 0 saturated carbocycles.